The van der Waals surface area contributed by atoms with Gasteiger partial charge in [-0.25, -0.2) is 0 Å². The zero-order valence-electron chi connectivity index (χ0n) is 14.4. The van der Waals surface area contributed by atoms with Crippen molar-refractivity contribution in [2.24, 2.45) is 0 Å². The Hall–Kier alpha value is -0.654. The quantitative estimate of drug-likeness (QED) is 0.491. The maximum absolute atomic E-state index is 11.7. The van der Waals surface area contributed by atoms with Gasteiger partial charge in [0.05, 0.1) is 5.97 Å². The number of aryl methyl sites for hydroxylation is 1. The number of aromatic carboxylic acids is 1. The molecular weight excluding hydrogens is 327 g/mol. The molecule has 2 aromatic rings. The molecule has 24 heavy (non-hydrogen) atoms. The molecule has 0 radical (unpaired) electrons. The Morgan fingerprint density at radius 2 is 1.88 bits per heavy atom. The van der Waals surface area contributed by atoms with Gasteiger partial charge in [-0.05, 0) is 36.1 Å². The van der Waals surface area contributed by atoms with Gasteiger partial charge in [-0.1, -0.05) is 50.5 Å². The summed E-state index contributed by atoms with van der Waals surface area (Å²) in [7, 11) is 0. The maximum atomic E-state index is 11.7. The second-order valence-corrected chi connectivity index (χ2v) is 6.06. The zero-order chi connectivity index (χ0) is 16.2. The molecule has 0 bridgehead atoms. The molecule has 0 aromatic heterocycles. The first-order valence-electron chi connectivity index (χ1n) is 8.32. The van der Waals surface area contributed by atoms with Crippen LogP contribution >= 0.6 is 0 Å². The third kappa shape index (κ3) is 4.30. The van der Waals surface area contributed by atoms with Crippen molar-refractivity contribution in [3.63, 3.8) is 0 Å². The first-order valence-corrected chi connectivity index (χ1v) is 8.32. The standard InChI is InChI=1S/C20H22O3.K/c1-2-3-4-5-8-14-11-12-18-16(19(14)20(21)22)13-15-9-6-7-10-17(15)23-18;/h6-7,9-12H,2-5,8,13H2,1H3,(H,21,22);/q;+1/p-1. The van der Waals surface area contributed by atoms with Gasteiger partial charge in [0, 0.05) is 17.5 Å². The van der Waals surface area contributed by atoms with Crippen LogP contribution in [0.2, 0.25) is 0 Å². The van der Waals surface area contributed by atoms with E-state index in [-0.39, 0.29) is 51.4 Å². The topological polar surface area (TPSA) is 49.4 Å². The Balaban J connectivity index is 0.00000208. The molecule has 1 aliphatic heterocycles. The zero-order valence-corrected chi connectivity index (χ0v) is 17.6. The fraction of sp³-hybridized carbons (Fsp3) is 0.350. The van der Waals surface area contributed by atoms with E-state index in [9.17, 15) is 9.90 Å². The Morgan fingerprint density at radius 1 is 1.08 bits per heavy atom. The van der Waals surface area contributed by atoms with Crippen molar-refractivity contribution in [1.82, 2.24) is 0 Å². The Kier molecular flexibility index (Phi) is 7.50. The molecule has 120 valence electrons. The fourth-order valence-corrected chi connectivity index (χ4v) is 3.21. The molecule has 0 aliphatic carbocycles. The molecule has 1 aliphatic rings. The second kappa shape index (κ2) is 9.16. The van der Waals surface area contributed by atoms with Crippen molar-refractivity contribution in [3.8, 4) is 11.5 Å². The van der Waals surface area contributed by atoms with Crippen molar-refractivity contribution < 1.29 is 66.0 Å². The van der Waals surface area contributed by atoms with E-state index < -0.39 is 5.97 Å². The van der Waals surface area contributed by atoms with Crippen LogP contribution in [0.5, 0.6) is 11.5 Å². The number of fused-ring (bicyclic) bond motifs is 2. The van der Waals surface area contributed by atoms with Crippen LogP contribution in [0, 0.1) is 0 Å². The average Bonchev–Trinajstić information content (AvgIpc) is 2.56. The first-order chi connectivity index (χ1) is 11.2. The first kappa shape index (κ1) is 19.7. The van der Waals surface area contributed by atoms with Crippen LogP contribution in [0.4, 0.5) is 0 Å². The molecule has 2 aromatic carbocycles. The largest absolute Gasteiger partial charge is 1.00 e. The molecule has 3 nitrogen and oxygen atoms in total. The number of carbonyl (C=O) groups is 1. The van der Waals surface area contributed by atoms with Gasteiger partial charge < -0.3 is 14.6 Å². The number of unbranched alkanes of at least 4 members (excludes halogenated alkanes) is 3. The summed E-state index contributed by atoms with van der Waals surface area (Å²) in [6.07, 6.45) is 5.84. The average molecular weight is 348 g/mol. The van der Waals surface area contributed by atoms with Crippen LogP contribution in [0.25, 0.3) is 0 Å². The van der Waals surface area contributed by atoms with E-state index >= 15 is 0 Å². The number of carboxylic acid groups (broad SMARTS) is 1. The minimum atomic E-state index is -1.10. The molecule has 1 heterocycles. The third-order valence-corrected chi connectivity index (χ3v) is 4.42. The van der Waals surface area contributed by atoms with Gasteiger partial charge in [0.2, 0.25) is 0 Å². The second-order valence-electron chi connectivity index (χ2n) is 6.06. The third-order valence-electron chi connectivity index (χ3n) is 4.42. The predicted molar refractivity (Wildman–Crippen MR) is 87.9 cm³/mol. The predicted octanol–water partition coefficient (Wildman–Crippen LogP) is 0.873. The number of benzene rings is 2. The van der Waals surface area contributed by atoms with Gasteiger partial charge in [0.15, 0.2) is 0 Å². The van der Waals surface area contributed by atoms with Crippen LogP contribution in [-0.4, -0.2) is 5.97 Å². The van der Waals surface area contributed by atoms with Crippen LogP contribution < -0.4 is 61.2 Å². The van der Waals surface area contributed by atoms with Crippen molar-refractivity contribution in [2.75, 3.05) is 0 Å². The summed E-state index contributed by atoms with van der Waals surface area (Å²) >= 11 is 0. The number of carboxylic acids is 1. The molecule has 3 rings (SSSR count). The number of hydrogen-bond donors (Lipinski definition) is 0. The molecular formula is C20H21KO3. The van der Waals surface area contributed by atoms with Crippen LogP contribution in [0.3, 0.4) is 0 Å². The van der Waals surface area contributed by atoms with Gasteiger partial charge in [-0.3, -0.25) is 0 Å². The molecule has 0 saturated heterocycles. The van der Waals surface area contributed by atoms with E-state index in [1.807, 2.05) is 36.4 Å². The molecule has 0 saturated carbocycles. The summed E-state index contributed by atoms with van der Waals surface area (Å²) in [5, 5.41) is 11.7. The van der Waals surface area contributed by atoms with Gasteiger partial charge in [0.1, 0.15) is 11.5 Å². The normalized spacial score (nSPS) is 11.7. The van der Waals surface area contributed by atoms with Crippen molar-refractivity contribution in [2.45, 2.75) is 45.4 Å². The van der Waals surface area contributed by atoms with Gasteiger partial charge in [-0.2, -0.15) is 0 Å². The van der Waals surface area contributed by atoms with Crippen LogP contribution in [0.1, 0.15) is 59.7 Å². The summed E-state index contributed by atoms with van der Waals surface area (Å²) in [5.41, 5.74) is 2.96. The number of carbonyl (C=O) groups excluding carboxylic acids is 1. The fourth-order valence-electron chi connectivity index (χ4n) is 3.21. The molecule has 0 unspecified atom stereocenters. The molecule has 0 N–H and O–H groups in total. The van der Waals surface area contributed by atoms with Crippen LogP contribution in [0.15, 0.2) is 36.4 Å². The SMILES string of the molecule is CCCCCCc1ccc2c(c1C(=O)[O-])Cc1ccccc1O2.[K+]. The smallest absolute Gasteiger partial charge is 0.545 e. The number of ether oxygens (including phenoxy) is 1. The van der Waals surface area contributed by atoms with Crippen LogP contribution in [-0.2, 0) is 12.8 Å². The summed E-state index contributed by atoms with van der Waals surface area (Å²) in [6, 6.07) is 11.5. The van der Waals surface area contributed by atoms with Crippen molar-refractivity contribution >= 4 is 5.97 Å². The summed E-state index contributed by atoms with van der Waals surface area (Å²) in [5.74, 6) is 0.343. The summed E-state index contributed by atoms with van der Waals surface area (Å²) in [6.45, 7) is 2.17. The molecule has 0 atom stereocenters. The number of para-hydroxylation sites is 1. The molecule has 0 amide bonds. The monoisotopic (exact) mass is 348 g/mol. The Bertz CT molecular complexity index is 725. The molecule has 4 heteroatoms. The van der Waals surface area contributed by atoms with E-state index in [1.54, 1.807) is 0 Å². The summed E-state index contributed by atoms with van der Waals surface area (Å²) < 4.78 is 5.88. The van der Waals surface area contributed by atoms with Gasteiger partial charge >= 0.3 is 51.4 Å². The van der Waals surface area contributed by atoms with E-state index in [4.69, 9.17) is 4.74 Å². The van der Waals surface area contributed by atoms with Gasteiger partial charge in [-0.15, -0.1) is 0 Å². The molecule has 0 fully saturated rings. The minimum absolute atomic E-state index is 0. The number of hydrogen-bond acceptors (Lipinski definition) is 3. The van der Waals surface area contributed by atoms with E-state index in [2.05, 4.69) is 6.92 Å². The number of rotatable bonds is 6. The minimum Gasteiger partial charge on any atom is -0.545 e. The van der Waals surface area contributed by atoms with E-state index in [0.717, 1.165) is 41.7 Å². The maximum Gasteiger partial charge on any atom is 1.00 e. The Morgan fingerprint density at radius 3 is 2.62 bits per heavy atom. The molecule has 0 spiro atoms. The summed E-state index contributed by atoms with van der Waals surface area (Å²) in [4.78, 5) is 11.7. The van der Waals surface area contributed by atoms with Gasteiger partial charge in [0.25, 0.3) is 0 Å². The van der Waals surface area contributed by atoms with Crippen molar-refractivity contribution in [3.05, 3.63) is 58.7 Å². The van der Waals surface area contributed by atoms with Crippen molar-refractivity contribution in [1.29, 1.82) is 0 Å². The van der Waals surface area contributed by atoms with E-state index in [1.165, 1.54) is 12.8 Å². The Labute approximate surface area is 185 Å². The van der Waals surface area contributed by atoms with E-state index in [0.29, 0.717) is 17.7 Å².